The lowest BCUT2D eigenvalue weighted by molar-refractivity contribution is -0.167. The molecule has 0 heterocycles. The van der Waals surface area contributed by atoms with Gasteiger partial charge in [-0.25, -0.2) is 0 Å². The molecule has 0 saturated carbocycles. The van der Waals surface area contributed by atoms with E-state index in [9.17, 15) is 14.4 Å². The molecule has 83 heavy (non-hydrogen) atoms. The first-order valence-electron chi connectivity index (χ1n) is 37.5. The van der Waals surface area contributed by atoms with Gasteiger partial charge in [0.15, 0.2) is 6.10 Å². The van der Waals surface area contributed by atoms with Crippen molar-refractivity contribution in [2.24, 2.45) is 0 Å². The molecule has 0 saturated heterocycles. The van der Waals surface area contributed by atoms with Gasteiger partial charge in [-0.2, -0.15) is 0 Å². The van der Waals surface area contributed by atoms with Gasteiger partial charge in [-0.3, -0.25) is 14.4 Å². The molecule has 0 rings (SSSR count). The second-order valence-electron chi connectivity index (χ2n) is 25.5. The standard InChI is InChI=1S/C77H144O6/c1-4-7-10-13-16-19-22-25-28-30-32-34-35-36-37-38-39-40-41-42-43-45-46-49-52-55-58-61-64-67-70-76(79)82-73-74(72-81-75(78)69-66-63-60-57-54-51-48-27-24-21-18-15-12-9-6-3)83-77(80)71-68-65-62-59-56-53-50-47-44-33-31-29-26-23-20-17-14-11-8-5-2/h9,12,18,21,27,48,74H,4-8,10-11,13-17,19-20,22-26,28-47,49-73H2,1-3H3/b12-9-,21-18-,48-27-. The van der Waals surface area contributed by atoms with Gasteiger partial charge >= 0.3 is 17.9 Å². The molecule has 0 fully saturated rings. The van der Waals surface area contributed by atoms with Crippen molar-refractivity contribution < 1.29 is 28.6 Å². The Kier molecular flexibility index (Phi) is 70.0. The number of hydrogen-bond donors (Lipinski definition) is 0. The van der Waals surface area contributed by atoms with E-state index in [2.05, 4.69) is 57.2 Å². The quantitative estimate of drug-likeness (QED) is 0.0261. The van der Waals surface area contributed by atoms with E-state index in [4.69, 9.17) is 14.2 Å². The first-order valence-corrected chi connectivity index (χ1v) is 37.5. The molecule has 0 aliphatic heterocycles. The number of rotatable bonds is 70. The van der Waals surface area contributed by atoms with E-state index in [1.54, 1.807) is 0 Å². The molecule has 0 aromatic rings. The Hall–Kier alpha value is -2.37. The Balaban J connectivity index is 4.18. The summed E-state index contributed by atoms with van der Waals surface area (Å²) >= 11 is 0. The Labute approximate surface area is 518 Å². The fraction of sp³-hybridized carbons (Fsp3) is 0.883. The van der Waals surface area contributed by atoms with E-state index in [0.717, 1.165) is 96.3 Å². The maximum atomic E-state index is 13.0. The van der Waals surface area contributed by atoms with Crippen LogP contribution in [0.4, 0.5) is 0 Å². The van der Waals surface area contributed by atoms with Crippen LogP contribution in [0.1, 0.15) is 419 Å². The maximum absolute atomic E-state index is 13.0. The van der Waals surface area contributed by atoms with Crippen LogP contribution in [0.3, 0.4) is 0 Å². The van der Waals surface area contributed by atoms with Crippen LogP contribution in [-0.4, -0.2) is 37.2 Å². The van der Waals surface area contributed by atoms with Crippen LogP contribution in [0.2, 0.25) is 0 Å². The van der Waals surface area contributed by atoms with Crippen LogP contribution in [0.25, 0.3) is 0 Å². The monoisotopic (exact) mass is 1170 g/mol. The molecule has 1 atom stereocenters. The fourth-order valence-corrected chi connectivity index (χ4v) is 11.6. The molecule has 1 unspecified atom stereocenters. The highest BCUT2D eigenvalue weighted by Gasteiger charge is 2.20. The molecule has 0 radical (unpaired) electrons. The van der Waals surface area contributed by atoms with Crippen molar-refractivity contribution in [2.45, 2.75) is 425 Å². The van der Waals surface area contributed by atoms with Crippen LogP contribution >= 0.6 is 0 Å². The number of hydrogen-bond acceptors (Lipinski definition) is 6. The molecule has 488 valence electrons. The Bertz CT molecular complexity index is 1380. The lowest BCUT2D eigenvalue weighted by Gasteiger charge is -2.18. The van der Waals surface area contributed by atoms with Crippen molar-refractivity contribution in [3.63, 3.8) is 0 Å². The lowest BCUT2D eigenvalue weighted by Crippen LogP contribution is -2.30. The van der Waals surface area contributed by atoms with Gasteiger partial charge in [-0.1, -0.05) is 385 Å². The van der Waals surface area contributed by atoms with Crippen molar-refractivity contribution in [2.75, 3.05) is 13.2 Å². The van der Waals surface area contributed by atoms with Crippen LogP contribution in [0.5, 0.6) is 0 Å². The number of carbonyl (C=O) groups is 3. The van der Waals surface area contributed by atoms with Crippen molar-refractivity contribution in [1.82, 2.24) is 0 Å². The number of unbranched alkanes of at least 4 members (excludes halogenated alkanes) is 53. The van der Waals surface area contributed by atoms with Crippen LogP contribution < -0.4 is 0 Å². The van der Waals surface area contributed by atoms with Crippen LogP contribution in [0, 0.1) is 0 Å². The molecule has 6 nitrogen and oxygen atoms in total. The first-order chi connectivity index (χ1) is 41.0. The number of allylic oxidation sites excluding steroid dienone is 6. The van der Waals surface area contributed by atoms with E-state index < -0.39 is 6.10 Å². The lowest BCUT2D eigenvalue weighted by atomic mass is 10.0. The van der Waals surface area contributed by atoms with Gasteiger partial charge in [0.25, 0.3) is 0 Å². The Morgan fingerprint density at radius 3 is 0.735 bits per heavy atom. The summed E-state index contributed by atoms with van der Waals surface area (Å²) in [6.45, 7) is 6.60. The average molecular weight is 1170 g/mol. The molecule has 6 heteroatoms. The zero-order chi connectivity index (χ0) is 59.9. The number of ether oxygens (including phenoxy) is 3. The van der Waals surface area contributed by atoms with E-state index in [0.29, 0.717) is 19.3 Å². The molecule has 0 N–H and O–H groups in total. The second kappa shape index (κ2) is 72.1. The molecule has 0 aliphatic carbocycles. The third-order valence-corrected chi connectivity index (χ3v) is 17.2. The van der Waals surface area contributed by atoms with Gasteiger partial charge in [0.1, 0.15) is 13.2 Å². The second-order valence-corrected chi connectivity index (χ2v) is 25.5. The van der Waals surface area contributed by atoms with Crippen molar-refractivity contribution in [3.8, 4) is 0 Å². The van der Waals surface area contributed by atoms with Crippen molar-refractivity contribution >= 4 is 17.9 Å². The maximum Gasteiger partial charge on any atom is 0.306 e. The summed E-state index contributed by atoms with van der Waals surface area (Å²) in [5.74, 6) is -0.857. The van der Waals surface area contributed by atoms with Crippen LogP contribution in [-0.2, 0) is 28.6 Å². The largest absolute Gasteiger partial charge is 0.462 e. The molecular formula is C77H144O6. The van der Waals surface area contributed by atoms with Gasteiger partial charge in [0, 0.05) is 19.3 Å². The summed E-state index contributed by atoms with van der Waals surface area (Å²) < 4.78 is 17.0. The summed E-state index contributed by atoms with van der Waals surface area (Å²) in [5, 5.41) is 0. The SMILES string of the molecule is CC/C=C\C/C=C\C/C=C\CCCCCCCC(=O)OCC(COC(=O)CCCCCCCCCCCCCCCCCCCCCCCCCCCCCCCC)OC(=O)CCCCCCCCCCCCCCCCCCCCCC. The van der Waals surface area contributed by atoms with Gasteiger partial charge < -0.3 is 14.2 Å². The van der Waals surface area contributed by atoms with E-state index in [-0.39, 0.29) is 31.1 Å². The molecule has 0 aliphatic rings. The molecular weight excluding hydrogens is 1020 g/mol. The summed E-state index contributed by atoms with van der Waals surface area (Å²) in [5.41, 5.74) is 0. The Morgan fingerprint density at radius 1 is 0.253 bits per heavy atom. The van der Waals surface area contributed by atoms with Gasteiger partial charge in [-0.15, -0.1) is 0 Å². The van der Waals surface area contributed by atoms with Crippen molar-refractivity contribution in [3.05, 3.63) is 36.5 Å². The van der Waals surface area contributed by atoms with Gasteiger partial charge in [-0.05, 0) is 51.4 Å². The minimum Gasteiger partial charge on any atom is -0.462 e. The molecule has 0 amide bonds. The molecule has 0 spiro atoms. The highest BCUT2D eigenvalue weighted by atomic mass is 16.6. The minimum atomic E-state index is -0.777. The summed E-state index contributed by atoms with van der Waals surface area (Å²) in [4.78, 5) is 38.5. The highest BCUT2D eigenvalue weighted by Crippen LogP contribution is 2.20. The normalized spacial score (nSPS) is 12.2. The molecule has 0 aromatic carbocycles. The third-order valence-electron chi connectivity index (χ3n) is 17.2. The summed E-state index contributed by atoms with van der Waals surface area (Å²) in [6, 6.07) is 0. The highest BCUT2D eigenvalue weighted by molar-refractivity contribution is 5.71. The molecule has 0 aromatic heterocycles. The predicted molar refractivity (Wildman–Crippen MR) is 362 cm³/mol. The predicted octanol–water partition coefficient (Wildman–Crippen LogP) is 25.9. The molecule has 0 bridgehead atoms. The minimum absolute atomic E-state index is 0.0717. The third kappa shape index (κ3) is 70.3. The van der Waals surface area contributed by atoms with Crippen LogP contribution in [0.15, 0.2) is 36.5 Å². The topological polar surface area (TPSA) is 78.9 Å². The first kappa shape index (κ1) is 80.6. The van der Waals surface area contributed by atoms with E-state index in [1.807, 2.05) is 0 Å². The number of esters is 3. The number of carbonyl (C=O) groups excluding carboxylic acids is 3. The van der Waals surface area contributed by atoms with Gasteiger partial charge in [0.05, 0.1) is 0 Å². The summed E-state index contributed by atoms with van der Waals surface area (Å²) in [6.07, 6.45) is 90.6. The zero-order valence-corrected chi connectivity index (χ0v) is 56.2. The van der Waals surface area contributed by atoms with E-state index in [1.165, 1.54) is 283 Å². The van der Waals surface area contributed by atoms with Crippen molar-refractivity contribution in [1.29, 1.82) is 0 Å². The summed E-state index contributed by atoms with van der Waals surface area (Å²) in [7, 11) is 0. The van der Waals surface area contributed by atoms with Gasteiger partial charge in [0.2, 0.25) is 0 Å². The average Bonchev–Trinajstić information content (AvgIpc) is 3.49. The fourth-order valence-electron chi connectivity index (χ4n) is 11.6. The smallest absolute Gasteiger partial charge is 0.306 e. The van der Waals surface area contributed by atoms with E-state index >= 15 is 0 Å². The zero-order valence-electron chi connectivity index (χ0n) is 56.2. The Morgan fingerprint density at radius 2 is 0.470 bits per heavy atom.